The third-order valence-corrected chi connectivity index (χ3v) is 3.08. The molecule has 0 bridgehead atoms. The lowest BCUT2D eigenvalue weighted by Crippen LogP contribution is -2.34. The Morgan fingerprint density at radius 2 is 2.50 bits per heavy atom. The van der Waals surface area contributed by atoms with Crippen LogP contribution in [0.4, 0.5) is 0 Å². The summed E-state index contributed by atoms with van der Waals surface area (Å²) in [5.41, 5.74) is 1.74. The van der Waals surface area contributed by atoms with E-state index in [-0.39, 0.29) is 6.04 Å². The molecular weight excluding hydrogens is 228 g/mol. The van der Waals surface area contributed by atoms with E-state index < -0.39 is 0 Å². The molecule has 1 saturated heterocycles. The van der Waals surface area contributed by atoms with E-state index in [9.17, 15) is 0 Å². The molecular formula is C9H10N4O2S. The van der Waals surface area contributed by atoms with Crippen LogP contribution in [-0.2, 0) is 4.74 Å². The number of aromatic nitrogens is 3. The van der Waals surface area contributed by atoms with Gasteiger partial charge in [-0.1, -0.05) is 5.16 Å². The Balaban J connectivity index is 1.82. The number of rotatable bonds is 2. The Morgan fingerprint density at radius 3 is 3.25 bits per heavy atom. The monoisotopic (exact) mass is 238 g/mol. The van der Waals surface area contributed by atoms with Crippen LogP contribution in [0.25, 0.3) is 10.7 Å². The number of hydrogen-bond donors (Lipinski definition) is 1. The first kappa shape index (κ1) is 9.88. The quantitative estimate of drug-likeness (QED) is 0.836. The lowest BCUT2D eigenvalue weighted by atomic mass is 10.3. The van der Waals surface area contributed by atoms with Crippen LogP contribution in [0.5, 0.6) is 0 Å². The van der Waals surface area contributed by atoms with E-state index in [1.54, 1.807) is 11.7 Å². The maximum atomic E-state index is 5.34. The van der Waals surface area contributed by atoms with Gasteiger partial charge in [-0.3, -0.25) is 4.98 Å². The van der Waals surface area contributed by atoms with E-state index in [0.717, 1.165) is 18.0 Å². The molecule has 1 fully saturated rings. The molecule has 0 amide bonds. The normalized spacial score (nSPS) is 21.1. The first-order valence-electron chi connectivity index (χ1n) is 4.97. The van der Waals surface area contributed by atoms with Gasteiger partial charge in [0, 0.05) is 12.7 Å². The Kier molecular flexibility index (Phi) is 2.65. The van der Waals surface area contributed by atoms with Gasteiger partial charge in [-0.2, -0.15) is 4.98 Å². The van der Waals surface area contributed by atoms with Crippen LogP contribution < -0.4 is 5.32 Å². The van der Waals surface area contributed by atoms with E-state index in [1.807, 2.05) is 0 Å². The second-order valence-electron chi connectivity index (χ2n) is 3.40. The van der Waals surface area contributed by atoms with Crippen molar-refractivity contribution >= 4 is 11.3 Å². The molecule has 7 heteroatoms. The van der Waals surface area contributed by atoms with Crippen LogP contribution in [0.3, 0.4) is 0 Å². The molecule has 1 aliphatic heterocycles. The molecule has 2 aromatic heterocycles. The maximum Gasteiger partial charge on any atom is 0.246 e. The van der Waals surface area contributed by atoms with E-state index in [2.05, 4.69) is 20.4 Å². The summed E-state index contributed by atoms with van der Waals surface area (Å²) in [5, 5.41) is 7.18. The summed E-state index contributed by atoms with van der Waals surface area (Å²) in [5.74, 6) is 1.16. The molecule has 0 spiro atoms. The fourth-order valence-corrected chi connectivity index (χ4v) is 2.07. The van der Waals surface area contributed by atoms with Crippen molar-refractivity contribution in [1.82, 2.24) is 20.4 Å². The van der Waals surface area contributed by atoms with Crippen LogP contribution in [0.2, 0.25) is 0 Å². The standard InChI is InChI=1S/C9H10N4O2S/c1-2-14-4-6(11-1)9-12-8(13-15-9)7-3-10-5-16-7/h3,5-6,11H,1-2,4H2. The second kappa shape index (κ2) is 4.28. The van der Waals surface area contributed by atoms with Crippen LogP contribution in [0.1, 0.15) is 11.9 Å². The summed E-state index contributed by atoms with van der Waals surface area (Å²) in [6.07, 6.45) is 1.73. The molecule has 1 unspecified atom stereocenters. The van der Waals surface area contributed by atoms with Gasteiger partial charge in [-0.15, -0.1) is 11.3 Å². The largest absolute Gasteiger partial charge is 0.378 e. The van der Waals surface area contributed by atoms with Gasteiger partial charge in [-0.05, 0) is 0 Å². The molecule has 3 heterocycles. The SMILES string of the molecule is c1ncc(-c2noc(C3COCCN3)n2)s1. The third-order valence-electron chi connectivity index (χ3n) is 2.31. The molecule has 3 rings (SSSR count). The smallest absolute Gasteiger partial charge is 0.246 e. The zero-order chi connectivity index (χ0) is 10.8. The van der Waals surface area contributed by atoms with Gasteiger partial charge in [0.1, 0.15) is 6.04 Å². The minimum absolute atomic E-state index is 0.00271. The van der Waals surface area contributed by atoms with E-state index in [4.69, 9.17) is 9.26 Å². The van der Waals surface area contributed by atoms with Crippen molar-refractivity contribution in [2.75, 3.05) is 19.8 Å². The van der Waals surface area contributed by atoms with Gasteiger partial charge in [-0.25, -0.2) is 0 Å². The van der Waals surface area contributed by atoms with E-state index >= 15 is 0 Å². The van der Waals surface area contributed by atoms with Crippen LogP contribution in [0.15, 0.2) is 16.2 Å². The lowest BCUT2D eigenvalue weighted by molar-refractivity contribution is 0.0659. The predicted octanol–water partition coefficient (Wildman–Crippen LogP) is 0.854. The Bertz CT molecular complexity index is 450. The molecule has 84 valence electrons. The van der Waals surface area contributed by atoms with Crippen molar-refractivity contribution in [3.05, 3.63) is 17.6 Å². The van der Waals surface area contributed by atoms with Crippen molar-refractivity contribution in [1.29, 1.82) is 0 Å². The molecule has 1 N–H and O–H groups in total. The predicted molar refractivity (Wildman–Crippen MR) is 57.0 cm³/mol. The molecule has 0 saturated carbocycles. The summed E-state index contributed by atoms with van der Waals surface area (Å²) in [6.45, 7) is 2.11. The minimum atomic E-state index is 0.00271. The zero-order valence-corrected chi connectivity index (χ0v) is 9.24. The summed E-state index contributed by atoms with van der Waals surface area (Å²) in [7, 11) is 0. The van der Waals surface area contributed by atoms with Gasteiger partial charge < -0.3 is 14.6 Å². The van der Waals surface area contributed by atoms with Crippen LogP contribution in [-0.4, -0.2) is 34.9 Å². The number of morpholine rings is 1. The molecule has 2 aromatic rings. The number of nitrogens with one attached hydrogen (secondary N) is 1. The van der Waals surface area contributed by atoms with Gasteiger partial charge in [0.2, 0.25) is 11.7 Å². The average molecular weight is 238 g/mol. The second-order valence-corrected chi connectivity index (χ2v) is 4.29. The molecule has 16 heavy (non-hydrogen) atoms. The Morgan fingerprint density at radius 1 is 1.50 bits per heavy atom. The number of thiazole rings is 1. The van der Waals surface area contributed by atoms with E-state index in [0.29, 0.717) is 18.3 Å². The minimum Gasteiger partial charge on any atom is -0.378 e. The highest BCUT2D eigenvalue weighted by molar-refractivity contribution is 7.13. The molecule has 6 nitrogen and oxygen atoms in total. The van der Waals surface area contributed by atoms with Gasteiger partial charge >= 0.3 is 0 Å². The number of nitrogens with zero attached hydrogens (tertiary/aromatic N) is 3. The highest BCUT2D eigenvalue weighted by atomic mass is 32.1. The Hall–Kier alpha value is -1.31. The molecule has 0 aromatic carbocycles. The highest BCUT2D eigenvalue weighted by Crippen LogP contribution is 2.22. The molecule has 1 aliphatic rings. The molecule has 0 radical (unpaired) electrons. The van der Waals surface area contributed by atoms with Crippen molar-refractivity contribution in [3.63, 3.8) is 0 Å². The van der Waals surface area contributed by atoms with Crippen molar-refractivity contribution in [3.8, 4) is 10.7 Å². The van der Waals surface area contributed by atoms with Gasteiger partial charge in [0.25, 0.3) is 0 Å². The molecule has 1 atom stereocenters. The van der Waals surface area contributed by atoms with Crippen LogP contribution >= 0.6 is 11.3 Å². The zero-order valence-electron chi connectivity index (χ0n) is 8.42. The highest BCUT2D eigenvalue weighted by Gasteiger charge is 2.22. The summed E-state index contributed by atoms with van der Waals surface area (Å²) in [4.78, 5) is 9.21. The lowest BCUT2D eigenvalue weighted by Gasteiger charge is -2.20. The van der Waals surface area contributed by atoms with Crippen molar-refractivity contribution in [2.45, 2.75) is 6.04 Å². The average Bonchev–Trinajstić information content (AvgIpc) is 3.01. The first-order chi connectivity index (χ1) is 7.93. The third kappa shape index (κ3) is 1.84. The first-order valence-corrected chi connectivity index (χ1v) is 5.85. The van der Waals surface area contributed by atoms with Crippen LogP contribution in [0, 0.1) is 0 Å². The van der Waals surface area contributed by atoms with Crippen molar-refractivity contribution in [2.24, 2.45) is 0 Å². The van der Waals surface area contributed by atoms with E-state index in [1.165, 1.54) is 11.3 Å². The fraction of sp³-hybridized carbons (Fsp3) is 0.444. The summed E-state index contributed by atoms with van der Waals surface area (Å²) >= 11 is 1.49. The topological polar surface area (TPSA) is 73.1 Å². The molecule has 0 aliphatic carbocycles. The fourth-order valence-electron chi connectivity index (χ4n) is 1.53. The summed E-state index contributed by atoms with van der Waals surface area (Å²) in [6, 6.07) is 0.00271. The van der Waals surface area contributed by atoms with Gasteiger partial charge in [0.05, 0.1) is 23.6 Å². The number of ether oxygens (including phenoxy) is 1. The summed E-state index contributed by atoms with van der Waals surface area (Å²) < 4.78 is 10.5. The maximum absolute atomic E-state index is 5.34. The van der Waals surface area contributed by atoms with Gasteiger partial charge in [0.15, 0.2) is 0 Å². The Labute approximate surface area is 95.7 Å². The number of hydrogen-bond acceptors (Lipinski definition) is 7. The van der Waals surface area contributed by atoms with Crippen molar-refractivity contribution < 1.29 is 9.26 Å².